The van der Waals surface area contributed by atoms with Crippen molar-refractivity contribution in [3.63, 3.8) is 0 Å². The van der Waals surface area contributed by atoms with Crippen LogP contribution in [-0.2, 0) is 13.1 Å². The van der Waals surface area contributed by atoms with Crippen molar-refractivity contribution < 1.29 is 4.79 Å². The van der Waals surface area contributed by atoms with Gasteiger partial charge >= 0.3 is 6.03 Å². The second kappa shape index (κ2) is 7.80. The van der Waals surface area contributed by atoms with Crippen LogP contribution in [0.3, 0.4) is 0 Å². The Morgan fingerprint density at radius 1 is 1.07 bits per heavy atom. The van der Waals surface area contributed by atoms with E-state index >= 15 is 0 Å². The molecule has 0 saturated carbocycles. The zero-order chi connectivity index (χ0) is 18.6. The second-order valence-corrected chi connectivity index (χ2v) is 6.96. The molecule has 2 aromatic carbocycles. The predicted molar refractivity (Wildman–Crippen MR) is 109 cm³/mol. The molecule has 3 aromatic rings. The van der Waals surface area contributed by atoms with Crippen LogP contribution in [0.5, 0.6) is 0 Å². The molecule has 1 aliphatic heterocycles. The highest BCUT2D eigenvalue weighted by Crippen LogP contribution is 2.24. The van der Waals surface area contributed by atoms with Crippen molar-refractivity contribution >= 4 is 28.4 Å². The number of para-hydroxylation sites is 1. The Bertz CT molecular complexity index is 934. The minimum absolute atomic E-state index is 0.254. The average molecular weight is 363 g/mol. The van der Waals surface area contributed by atoms with Crippen LogP contribution >= 0.6 is 0 Å². The Morgan fingerprint density at radius 2 is 1.89 bits per heavy atom. The first-order valence-corrected chi connectivity index (χ1v) is 9.57. The lowest BCUT2D eigenvalue weighted by Gasteiger charge is -2.27. The van der Waals surface area contributed by atoms with Crippen LogP contribution in [-0.4, -0.2) is 33.6 Å². The number of nitrogens with one attached hydrogen (secondary N) is 2. The molecular formula is C21H25N5O. The van der Waals surface area contributed by atoms with Crippen molar-refractivity contribution in [2.24, 2.45) is 0 Å². The van der Waals surface area contributed by atoms with Crippen molar-refractivity contribution in [2.75, 3.05) is 23.7 Å². The molecule has 2 N–H and O–H groups in total. The van der Waals surface area contributed by atoms with Gasteiger partial charge in [-0.1, -0.05) is 31.5 Å². The lowest BCUT2D eigenvalue weighted by molar-refractivity contribution is 0.216. The van der Waals surface area contributed by atoms with Gasteiger partial charge < -0.3 is 15.2 Å². The highest BCUT2D eigenvalue weighted by molar-refractivity contribution is 6.00. The molecule has 0 unspecified atom stereocenters. The lowest BCUT2D eigenvalue weighted by atomic mass is 10.2. The van der Waals surface area contributed by atoms with Crippen LogP contribution in [0.25, 0.3) is 11.0 Å². The van der Waals surface area contributed by atoms with Gasteiger partial charge in [0.25, 0.3) is 0 Å². The Morgan fingerprint density at radius 3 is 2.70 bits per heavy atom. The fourth-order valence-corrected chi connectivity index (χ4v) is 3.54. The van der Waals surface area contributed by atoms with E-state index in [0.29, 0.717) is 0 Å². The Kier molecular flexibility index (Phi) is 5.07. The van der Waals surface area contributed by atoms with Gasteiger partial charge in [-0.05, 0) is 43.3 Å². The summed E-state index contributed by atoms with van der Waals surface area (Å²) in [5, 5.41) is 5.72. The largest absolute Gasteiger partial charge is 0.326 e. The quantitative estimate of drug-likeness (QED) is 0.711. The number of urea groups is 1. The minimum atomic E-state index is -0.254. The normalized spacial score (nSPS) is 14.1. The third-order valence-corrected chi connectivity index (χ3v) is 4.95. The molecule has 0 radical (unpaired) electrons. The molecule has 0 atom stereocenters. The van der Waals surface area contributed by atoms with Gasteiger partial charge in [0.15, 0.2) is 0 Å². The summed E-state index contributed by atoms with van der Waals surface area (Å²) in [5.41, 5.74) is 3.57. The van der Waals surface area contributed by atoms with Crippen LogP contribution in [0.15, 0.2) is 48.5 Å². The lowest BCUT2D eigenvalue weighted by Crippen LogP contribution is -2.34. The molecule has 4 rings (SSSR count). The first-order chi connectivity index (χ1) is 13.2. The third kappa shape index (κ3) is 3.95. The Hall–Kier alpha value is -2.86. The Balaban J connectivity index is 1.47. The van der Waals surface area contributed by atoms with Crippen molar-refractivity contribution in [1.82, 2.24) is 14.5 Å². The zero-order valence-electron chi connectivity index (χ0n) is 15.6. The van der Waals surface area contributed by atoms with Gasteiger partial charge in [0.05, 0.1) is 17.6 Å². The number of hydrogen-bond acceptors (Lipinski definition) is 3. The maximum atomic E-state index is 12.2. The molecule has 1 aliphatic rings. The fraction of sp³-hybridized carbons (Fsp3) is 0.333. The monoisotopic (exact) mass is 363 g/mol. The van der Waals surface area contributed by atoms with E-state index < -0.39 is 0 Å². The van der Waals surface area contributed by atoms with E-state index in [4.69, 9.17) is 4.98 Å². The molecule has 6 heteroatoms. The molecule has 140 valence electrons. The standard InChI is InChI=1S/C21H25N5O/c1-2-3-11-25-12-13-26-19-10-9-17(14-18(19)24-20(26)15-25)23-21(27)22-16-7-5-4-6-8-16/h4-10,14H,2-3,11-13,15H2,1H3,(H2,22,23,27). The molecule has 2 amide bonds. The Labute approximate surface area is 159 Å². The van der Waals surface area contributed by atoms with Crippen LogP contribution < -0.4 is 10.6 Å². The van der Waals surface area contributed by atoms with E-state index in [9.17, 15) is 4.79 Å². The minimum Gasteiger partial charge on any atom is -0.326 e. The number of rotatable bonds is 5. The number of anilines is 2. The topological polar surface area (TPSA) is 62.2 Å². The molecule has 0 aliphatic carbocycles. The highest BCUT2D eigenvalue weighted by Gasteiger charge is 2.19. The van der Waals surface area contributed by atoms with Gasteiger partial charge in [0.1, 0.15) is 5.82 Å². The van der Waals surface area contributed by atoms with Crippen LogP contribution in [0.1, 0.15) is 25.6 Å². The molecular weight excluding hydrogens is 338 g/mol. The third-order valence-electron chi connectivity index (χ3n) is 4.95. The van der Waals surface area contributed by atoms with Crippen molar-refractivity contribution in [3.8, 4) is 0 Å². The number of benzene rings is 2. The van der Waals surface area contributed by atoms with E-state index in [1.54, 1.807) is 0 Å². The number of unbranched alkanes of at least 4 members (excludes halogenated alkanes) is 1. The van der Waals surface area contributed by atoms with Crippen molar-refractivity contribution in [2.45, 2.75) is 32.9 Å². The van der Waals surface area contributed by atoms with Gasteiger partial charge in [-0.25, -0.2) is 9.78 Å². The molecule has 1 aromatic heterocycles. The maximum Gasteiger partial charge on any atom is 0.323 e. The first-order valence-electron chi connectivity index (χ1n) is 9.57. The molecule has 0 saturated heterocycles. The van der Waals surface area contributed by atoms with Gasteiger partial charge in [-0.3, -0.25) is 4.90 Å². The van der Waals surface area contributed by atoms with Crippen molar-refractivity contribution in [1.29, 1.82) is 0 Å². The molecule has 0 fully saturated rings. The summed E-state index contributed by atoms with van der Waals surface area (Å²) in [7, 11) is 0. The van der Waals surface area contributed by atoms with E-state index in [0.717, 1.165) is 54.4 Å². The van der Waals surface area contributed by atoms with E-state index in [1.165, 1.54) is 12.8 Å². The van der Waals surface area contributed by atoms with E-state index in [-0.39, 0.29) is 6.03 Å². The zero-order valence-corrected chi connectivity index (χ0v) is 15.6. The molecule has 6 nitrogen and oxygen atoms in total. The van der Waals surface area contributed by atoms with Crippen LogP contribution in [0, 0.1) is 0 Å². The number of fused-ring (bicyclic) bond motifs is 3. The number of aromatic nitrogens is 2. The smallest absolute Gasteiger partial charge is 0.323 e. The van der Waals surface area contributed by atoms with Gasteiger partial charge in [0.2, 0.25) is 0 Å². The maximum absolute atomic E-state index is 12.2. The van der Waals surface area contributed by atoms with Gasteiger partial charge in [0, 0.05) is 24.5 Å². The predicted octanol–water partition coefficient (Wildman–Crippen LogP) is 4.30. The van der Waals surface area contributed by atoms with E-state index in [1.807, 2.05) is 48.5 Å². The second-order valence-electron chi connectivity index (χ2n) is 6.96. The number of nitrogens with zero attached hydrogens (tertiary/aromatic N) is 3. The summed E-state index contributed by atoms with van der Waals surface area (Å²) in [6.45, 7) is 6.29. The van der Waals surface area contributed by atoms with Crippen LogP contribution in [0.2, 0.25) is 0 Å². The molecule has 0 spiro atoms. The van der Waals surface area contributed by atoms with Gasteiger partial charge in [-0.2, -0.15) is 0 Å². The molecule has 0 bridgehead atoms. The first kappa shape index (κ1) is 17.5. The summed E-state index contributed by atoms with van der Waals surface area (Å²) in [6.07, 6.45) is 2.44. The number of imidazole rings is 1. The number of hydrogen-bond donors (Lipinski definition) is 2. The summed E-state index contributed by atoms with van der Waals surface area (Å²) >= 11 is 0. The average Bonchev–Trinajstić information content (AvgIpc) is 3.03. The van der Waals surface area contributed by atoms with E-state index in [2.05, 4.69) is 27.0 Å². The highest BCUT2D eigenvalue weighted by atomic mass is 16.2. The number of amides is 2. The van der Waals surface area contributed by atoms with Gasteiger partial charge in [-0.15, -0.1) is 0 Å². The van der Waals surface area contributed by atoms with Crippen molar-refractivity contribution in [3.05, 3.63) is 54.4 Å². The number of carbonyl (C=O) groups is 1. The summed E-state index contributed by atoms with van der Waals surface area (Å²) in [4.78, 5) is 19.5. The summed E-state index contributed by atoms with van der Waals surface area (Å²) in [5.74, 6) is 1.11. The fourth-order valence-electron chi connectivity index (χ4n) is 3.54. The molecule has 2 heterocycles. The number of carbonyl (C=O) groups excluding carboxylic acids is 1. The SMILES string of the molecule is CCCCN1CCn2c(nc3cc(NC(=O)Nc4ccccc4)ccc32)C1. The van der Waals surface area contributed by atoms with Crippen LogP contribution in [0.4, 0.5) is 16.2 Å². The molecule has 27 heavy (non-hydrogen) atoms. The summed E-state index contributed by atoms with van der Waals surface area (Å²) in [6, 6.07) is 15.1. The summed E-state index contributed by atoms with van der Waals surface area (Å²) < 4.78 is 2.30.